The lowest BCUT2D eigenvalue weighted by Crippen LogP contribution is -2.50. The molecule has 1 aromatic heterocycles. The van der Waals surface area contributed by atoms with E-state index in [2.05, 4.69) is 12.2 Å². The molecule has 30 heavy (non-hydrogen) atoms. The van der Waals surface area contributed by atoms with Gasteiger partial charge in [-0.25, -0.2) is 0 Å². The van der Waals surface area contributed by atoms with Crippen molar-refractivity contribution in [2.45, 2.75) is 50.6 Å². The van der Waals surface area contributed by atoms with Crippen LogP contribution < -0.4 is 5.32 Å². The summed E-state index contributed by atoms with van der Waals surface area (Å²) in [6.07, 6.45) is 4.57. The largest absolute Gasteiger partial charge is 0.383 e. The number of methoxy groups -OCH3 is 1. The normalized spacial score (nSPS) is 26.3. The number of carbonyl (C=O) groups excluding carboxylic acids is 2. The average Bonchev–Trinajstić information content (AvgIpc) is 3.29. The molecule has 2 amide bonds. The standard InChI is InChI=1S/C24H30N2O3S/c1-16-8-3-6-11-19(16)25-23(27)21-17-9-4-5-10-18(17)24(28)26(13-14-29-2)22(21)20-12-7-15-30-20/h4-5,7,9-10,12,15-16,19,21-22H,3,6,8,11,13-14H2,1-2H3,(H,25,27)/t16-,19-,21+,22-/m1/s1. The van der Waals surface area contributed by atoms with Gasteiger partial charge in [-0.15, -0.1) is 11.3 Å². The highest BCUT2D eigenvalue weighted by molar-refractivity contribution is 7.10. The van der Waals surface area contributed by atoms with Crippen molar-refractivity contribution in [2.75, 3.05) is 20.3 Å². The number of carbonyl (C=O) groups is 2. The molecule has 2 aliphatic rings. The Morgan fingerprint density at radius 2 is 2.00 bits per heavy atom. The molecule has 1 aromatic carbocycles. The van der Waals surface area contributed by atoms with Gasteiger partial charge in [0, 0.05) is 30.1 Å². The van der Waals surface area contributed by atoms with Crippen molar-refractivity contribution < 1.29 is 14.3 Å². The predicted molar refractivity (Wildman–Crippen MR) is 119 cm³/mol. The summed E-state index contributed by atoms with van der Waals surface area (Å²) in [4.78, 5) is 30.0. The SMILES string of the molecule is COCCN1C(=O)c2ccccc2[C@H](C(=O)N[C@@H]2CCCC[C@H]2C)[C@H]1c1cccs1. The number of ether oxygens (including phenoxy) is 1. The van der Waals surface area contributed by atoms with Crippen molar-refractivity contribution in [1.29, 1.82) is 0 Å². The van der Waals surface area contributed by atoms with Crippen molar-refractivity contribution in [1.82, 2.24) is 10.2 Å². The van der Waals surface area contributed by atoms with Gasteiger partial charge in [0.05, 0.1) is 18.6 Å². The maximum atomic E-state index is 13.7. The molecule has 1 N–H and O–H groups in total. The third kappa shape index (κ3) is 4.03. The third-order valence-corrected chi connectivity index (χ3v) is 7.47. The first kappa shape index (κ1) is 21.1. The summed E-state index contributed by atoms with van der Waals surface area (Å²) in [6.45, 7) is 3.11. The van der Waals surface area contributed by atoms with Crippen LogP contribution in [0.2, 0.25) is 0 Å². The van der Waals surface area contributed by atoms with Crippen LogP contribution in [-0.2, 0) is 9.53 Å². The molecular formula is C24H30N2O3S. The molecule has 6 heteroatoms. The van der Waals surface area contributed by atoms with Crippen molar-refractivity contribution in [3.63, 3.8) is 0 Å². The fraction of sp³-hybridized carbons (Fsp3) is 0.500. The summed E-state index contributed by atoms with van der Waals surface area (Å²) < 4.78 is 5.29. The number of hydrogen-bond donors (Lipinski definition) is 1. The van der Waals surface area contributed by atoms with Crippen LogP contribution in [0.3, 0.4) is 0 Å². The van der Waals surface area contributed by atoms with Gasteiger partial charge in [0.15, 0.2) is 0 Å². The van der Waals surface area contributed by atoms with E-state index in [1.807, 2.05) is 46.7 Å². The summed E-state index contributed by atoms with van der Waals surface area (Å²) >= 11 is 1.60. The lowest BCUT2D eigenvalue weighted by Gasteiger charge is -2.42. The second-order valence-electron chi connectivity index (χ2n) is 8.39. The summed E-state index contributed by atoms with van der Waals surface area (Å²) in [5.74, 6) is 0.0436. The maximum Gasteiger partial charge on any atom is 0.254 e. The fourth-order valence-corrected chi connectivity index (χ4v) is 5.76. The molecule has 1 aliphatic carbocycles. The number of thiophene rings is 1. The summed E-state index contributed by atoms with van der Waals surface area (Å²) in [6, 6.07) is 11.5. The molecular weight excluding hydrogens is 396 g/mol. The predicted octanol–water partition coefficient (Wildman–Crippen LogP) is 4.37. The minimum atomic E-state index is -0.427. The van der Waals surface area contributed by atoms with Gasteiger partial charge >= 0.3 is 0 Å². The summed E-state index contributed by atoms with van der Waals surface area (Å²) in [5, 5.41) is 5.37. The molecule has 160 valence electrons. The lowest BCUT2D eigenvalue weighted by atomic mass is 9.80. The van der Waals surface area contributed by atoms with Crippen LogP contribution >= 0.6 is 11.3 Å². The second-order valence-corrected chi connectivity index (χ2v) is 9.37. The van der Waals surface area contributed by atoms with E-state index in [4.69, 9.17) is 4.74 Å². The number of benzene rings is 1. The molecule has 4 atom stereocenters. The smallest absolute Gasteiger partial charge is 0.254 e. The van der Waals surface area contributed by atoms with E-state index in [0.717, 1.165) is 29.7 Å². The quantitative estimate of drug-likeness (QED) is 0.746. The molecule has 0 spiro atoms. The Morgan fingerprint density at radius 1 is 1.20 bits per heavy atom. The number of nitrogens with zero attached hydrogens (tertiary/aromatic N) is 1. The van der Waals surface area contributed by atoms with Gasteiger partial charge in [-0.3, -0.25) is 9.59 Å². The maximum absolute atomic E-state index is 13.7. The molecule has 2 aromatic rings. The molecule has 5 nitrogen and oxygen atoms in total. The van der Waals surface area contributed by atoms with Crippen LogP contribution in [0.1, 0.15) is 65.4 Å². The Balaban J connectivity index is 1.74. The van der Waals surface area contributed by atoms with Crippen LogP contribution in [0.5, 0.6) is 0 Å². The zero-order chi connectivity index (χ0) is 21.1. The van der Waals surface area contributed by atoms with Crippen LogP contribution in [0, 0.1) is 5.92 Å². The Bertz CT molecular complexity index is 882. The minimum Gasteiger partial charge on any atom is -0.383 e. The summed E-state index contributed by atoms with van der Waals surface area (Å²) in [5.41, 5.74) is 1.45. The molecule has 2 heterocycles. The number of amides is 2. The van der Waals surface area contributed by atoms with Crippen molar-refractivity contribution in [2.24, 2.45) is 5.92 Å². The molecule has 1 saturated carbocycles. The van der Waals surface area contributed by atoms with Gasteiger partial charge in [0.1, 0.15) is 0 Å². The molecule has 4 rings (SSSR count). The molecule has 0 bridgehead atoms. The molecule has 0 radical (unpaired) electrons. The first-order valence-corrected chi connectivity index (χ1v) is 11.7. The molecule has 1 aliphatic heterocycles. The molecule has 0 saturated heterocycles. The lowest BCUT2D eigenvalue weighted by molar-refractivity contribution is -0.125. The highest BCUT2D eigenvalue weighted by Crippen LogP contribution is 2.44. The van der Waals surface area contributed by atoms with E-state index in [9.17, 15) is 9.59 Å². The minimum absolute atomic E-state index is 0.0227. The van der Waals surface area contributed by atoms with E-state index >= 15 is 0 Å². The Hall–Kier alpha value is -2.18. The van der Waals surface area contributed by atoms with Crippen molar-refractivity contribution >= 4 is 23.2 Å². The van der Waals surface area contributed by atoms with E-state index in [0.29, 0.717) is 24.6 Å². The van der Waals surface area contributed by atoms with Crippen molar-refractivity contribution in [3.8, 4) is 0 Å². The van der Waals surface area contributed by atoms with Crippen LogP contribution in [-0.4, -0.2) is 43.0 Å². The zero-order valence-electron chi connectivity index (χ0n) is 17.7. The van der Waals surface area contributed by atoms with E-state index in [-0.39, 0.29) is 23.9 Å². The van der Waals surface area contributed by atoms with Gasteiger partial charge < -0.3 is 15.0 Å². The van der Waals surface area contributed by atoms with E-state index in [1.165, 1.54) is 6.42 Å². The average molecular weight is 427 g/mol. The number of rotatable bonds is 6. The Morgan fingerprint density at radius 3 is 2.73 bits per heavy atom. The first-order valence-electron chi connectivity index (χ1n) is 10.8. The Labute approximate surface area is 182 Å². The van der Waals surface area contributed by atoms with Gasteiger partial charge in [-0.1, -0.05) is 44.0 Å². The third-order valence-electron chi connectivity index (χ3n) is 6.53. The second kappa shape index (κ2) is 9.31. The van der Waals surface area contributed by atoms with Gasteiger partial charge in [-0.2, -0.15) is 0 Å². The van der Waals surface area contributed by atoms with Crippen LogP contribution in [0.15, 0.2) is 41.8 Å². The zero-order valence-corrected chi connectivity index (χ0v) is 18.5. The highest BCUT2D eigenvalue weighted by atomic mass is 32.1. The monoisotopic (exact) mass is 426 g/mol. The van der Waals surface area contributed by atoms with E-state index in [1.54, 1.807) is 18.4 Å². The topological polar surface area (TPSA) is 58.6 Å². The Kier molecular flexibility index (Phi) is 6.54. The van der Waals surface area contributed by atoms with Crippen LogP contribution in [0.25, 0.3) is 0 Å². The first-order chi connectivity index (χ1) is 14.6. The van der Waals surface area contributed by atoms with Gasteiger partial charge in [0.2, 0.25) is 5.91 Å². The molecule has 1 fully saturated rings. The highest BCUT2D eigenvalue weighted by Gasteiger charge is 2.45. The van der Waals surface area contributed by atoms with Gasteiger partial charge in [-0.05, 0) is 41.8 Å². The number of nitrogens with one attached hydrogen (secondary N) is 1. The fourth-order valence-electron chi connectivity index (χ4n) is 4.89. The number of fused-ring (bicyclic) bond motifs is 1. The van der Waals surface area contributed by atoms with E-state index < -0.39 is 5.92 Å². The van der Waals surface area contributed by atoms with Crippen LogP contribution in [0.4, 0.5) is 0 Å². The number of hydrogen-bond acceptors (Lipinski definition) is 4. The van der Waals surface area contributed by atoms with Crippen molar-refractivity contribution in [3.05, 3.63) is 57.8 Å². The van der Waals surface area contributed by atoms with Gasteiger partial charge in [0.25, 0.3) is 5.91 Å². The molecule has 0 unspecified atom stereocenters. The summed E-state index contributed by atoms with van der Waals surface area (Å²) in [7, 11) is 1.64.